The molecule has 1 aromatic heterocycles. The Labute approximate surface area is 128 Å². The highest BCUT2D eigenvalue weighted by atomic mass is 16.2. The first-order valence-corrected chi connectivity index (χ1v) is 7.70. The van der Waals surface area contributed by atoms with Crippen LogP contribution in [0, 0.1) is 12.8 Å². The van der Waals surface area contributed by atoms with Crippen molar-refractivity contribution in [1.29, 1.82) is 0 Å². The number of rotatable bonds is 3. The first-order valence-electron chi connectivity index (χ1n) is 7.70. The lowest BCUT2D eigenvalue weighted by atomic mass is 10.1. The second-order valence-electron chi connectivity index (χ2n) is 6.22. The molecule has 1 saturated carbocycles. The molecule has 0 unspecified atom stereocenters. The van der Waals surface area contributed by atoms with E-state index in [4.69, 9.17) is 0 Å². The van der Waals surface area contributed by atoms with E-state index in [-0.39, 0.29) is 11.9 Å². The van der Waals surface area contributed by atoms with Gasteiger partial charge in [0, 0.05) is 24.9 Å². The molecule has 114 valence electrons. The zero-order valence-electron chi connectivity index (χ0n) is 12.5. The quantitative estimate of drug-likeness (QED) is 0.944. The fourth-order valence-corrected chi connectivity index (χ4v) is 2.92. The van der Waals surface area contributed by atoms with Crippen molar-refractivity contribution >= 4 is 28.7 Å². The number of amides is 3. The first-order chi connectivity index (χ1) is 10.6. The molecule has 2 fully saturated rings. The van der Waals surface area contributed by atoms with E-state index in [2.05, 4.69) is 23.4 Å². The molecule has 0 atom stereocenters. The minimum atomic E-state index is -0.380. The van der Waals surface area contributed by atoms with E-state index in [9.17, 15) is 9.59 Å². The van der Waals surface area contributed by atoms with Gasteiger partial charge in [-0.25, -0.2) is 4.79 Å². The fraction of sp³-hybridized carbons (Fsp3) is 0.438. The molecule has 0 spiro atoms. The molecule has 2 aromatic rings. The predicted molar refractivity (Wildman–Crippen MR) is 82.7 cm³/mol. The normalized spacial score (nSPS) is 18.9. The van der Waals surface area contributed by atoms with Crippen LogP contribution in [-0.4, -0.2) is 28.3 Å². The van der Waals surface area contributed by atoms with Gasteiger partial charge >= 0.3 is 6.03 Å². The Morgan fingerprint density at radius 1 is 1.32 bits per heavy atom. The molecular weight excluding hydrogens is 280 g/mol. The van der Waals surface area contributed by atoms with Gasteiger partial charge < -0.3 is 0 Å². The van der Waals surface area contributed by atoms with Crippen molar-refractivity contribution in [3.63, 3.8) is 0 Å². The third-order valence-electron chi connectivity index (χ3n) is 4.33. The van der Waals surface area contributed by atoms with Crippen LogP contribution in [0.15, 0.2) is 18.2 Å². The Kier molecular flexibility index (Phi) is 2.92. The summed E-state index contributed by atoms with van der Waals surface area (Å²) in [7, 11) is 0. The Bertz CT molecular complexity index is 776. The van der Waals surface area contributed by atoms with Crippen molar-refractivity contribution in [3.05, 3.63) is 23.8 Å². The average Bonchev–Trinajstić information content (AvgIpc) is 3.22. The summed E-state index contributed by atoms with van der Waals surface area (Å²) in [5.74, 6) is 1.13. The monoisotopic (exact) mass is 298 g/mol. The van der Waals surface area contributed by atoms with Crippen LogP contribution in [0.25, 0.3) is 10.9 Å². The summed E-state index contributed by atoms with van der Waals surface area (Å²) in [5, 5.41) is 8.01. The number of hydrogen-bond acceptors (Lipinski definition) is 3. The van der Waals surface area contributed by atoms with E-state index in [0.29, 0.717) is 24.7 Å². The summed E-state index contributed by atoms with van der Waals surface area (Å²) in [5.41, 5.74) is 2.24. The Morgan fingerprint density at radius 3 is 2.86 bits per heavy atom. The number of fused-ring (bicyclic) bond motifs is 1. The molecule has 1 aliphatic carbocycles. The van der Waals surface area contributed by atoms with Crippen molar-refractivity contribution in [1.82, 2.24) is 15.1 Å². The lowest BCUT2D eigenvalue weighted by molar-refractivity contribution is -0.120. The van der Waals surface area contributed by atoms with Crippen LogP contribution in [0.2, 0.25) is 0 Å². The van der Waals surface area contributed by atoms with Gasteiger partial charge in [-0.3, -0.25) is 19.7 Å². The number of urea groups is 1. The van der Waals surface area contributed by atoms with Gasteiger partial charge in [0.05, 0.1) is 5.52 Å². The lowest BCUT2D eigenvalue weighted by Crippen LogP contribution is -2.49. The van der Waals surface area contributed by atoms with Crippen LogP contribution < -0.4 is 10.2 Å². The molecule has 3 amide bonds. The van der Waals surface area contributed by atoms with E-state index in [0.717, 1.165) is 17.4 Å². The second kappa shape index (κ2) is 4.83. The number of carbonyl (C=O) groups is 2. The summed E-state index contributed by atoms with van der Waals surface area (Å²) < 4.78 is 2.01. The summed E-state index contributed by atoms with van der Waals surface area (Å²) in [4.78, 5) is 25.0. The highest BCUT2D eigenvalue weighted by Crippen LogP contribution is 2.34. The van der Waals surface area contributed by atoms with E-state index in [1.54, 1.807) is 4.90 Å². The van der Waals surface area contributed by atoms with Crippen molar-refractivity contribution in [3.8, 4) is 0 Å². The summed E-state index contributed by atoms with van der Waals surface area (Å²) in [6.45, 7) is 3.34. The highest BCUT2D eigenvalue weighted by Gasteiger charge is 2.29. The van der Waals surface area contributed by atoms with E-state index >= 15 is 0 Å². The number of imide groups is 1. The summed E-state index contributed by atoms with van der Waals surface area (Å²) in [6, 6.07) is 5.78. The molecule has 0 radical (unpaired) electrons. The Morgan fingerprint density at radius 2 is 2.14 bits per heavy atom. The molecule has 2 heterocycles. The highest BCUT2D eigenvalue weighted by molar-refractivity contribution is 6.08. The number of aromatic nitrogens is 2. The van der Waals surface area contributed by atoms with Gasteiger partial charge in [0.1, 0.15) is 0 Å². The number of anilines is 1. The van der Waals surface area contributed by atoms with Gasteiger partial charge in [-0.2, -0.15) is 5.10 Å². The molecule has 6 nitrogen and oxygen atoms in total. The van der Waals surface area contributed by atoms with Crippen LogP contribution in [0.1, 0.15) is 24.8 Å². The molecule has 1 saturated heterocycles. The van der Waals surface area contributed by atoms with Crippen molar-refractivity contribution in [2.75, 3.05) is 11.4 Å². The van der Waals surface area contributed by atoms with Gasteiger partial charge in [0.2, 0.25) is 5.91 Å². The zero-order chi connectivity index (χ0) is 15.3. The van der Waals surface area contributed by atoms with Crippen molar-refractivity contribution in [2.24, 2.45) is 5.92 Å². The largest absolute Gasteiger partial charge is 0.329 e. The molecule has 1 aromatic carbocycles. The number of hydrogen-bond donors (Lipinski definition) is 1. The summed E-state index contributed by atoms with van der Waals surface area (Å²) >= 11 is 0. The fourth-order valence-electron chi connectivity index (χ4n) is 2.92. The smallest absolute Gasteiger partial charge is 0.278 e. The van der Waals surface area contributed by atoms with E-state index in [1.165, 1.54) is 18.4 Å². The van der Waals surface area contributed by atoms with Crippen LogP contribution in [-0.2, 0) is 11.3 Å². The van der Waals surface area contributed by atoms with Gasteiger partial charge in [0.15, 0.2) is 5.82 Å². The maximum atomic E-state index is 12.1. The van der Waals surface area contributed by atoms with Gasteiger partial charge in [0.25, 0.3) is 0 Å². The number of nitrogens with zero attached hydrogens (tertiary/aromatic N) is 3. The lowest BCUT2D eigenvalue weighted by Gasteiger charge is -2.24. The topological polar surface area (TPSA) is 67.2 Å². The van der Waals surface area contributed by atoms with Crippen molar-refractivity contribution in [2.45, 2.75) is 32.7 Å². The number of aryl methyl sites for hydroxylation is 1. The molecule has 6 heteroatoms. The molecule has 1 N–H and O–H groups in total. The SMILES string of the molecule is Cc1ccc2c(N3CCC(=O)NC3=O)nn(CC3CC3)c2c1. The third kappa shape index (κ3) is 2.24. The maximum Gasteiger partial charge on any atom is 0.329 e. The van der Waals surface area contributed by atoms with Crippen LogP contribution in [0.3, 0.4) is 0 Å². The van der Waals surface area contributed by atoms with Crippen LogP contribution >= 0.6 is 0 Å². The Balaban J connectivity index is 1.79. The van der Waals surface area contributed by atoms with Crippen LogP contribution in [0.5, 0.6) is 0 Å². The van der Waals surface area contributed by atoms with Gasteiger partial charge in [-0.1, -0.05) is 6.07 Å². The molecule has 1 aliphatic heterocycles. The molecule has 22 heavy (non-hydrogen) atoms. The van der Waals surface area contributed by atoms with Crippen LogP contribution in [0.4, 0.5) is 10.6 Å². The second-order valence-corrected chi connectivity index (χ2v) is 6.22. The predicted octanol–water partition coefficient (Wildman–Crippen LogP) is 2.20. The molecule has 2 aliphatic rings. The van der Waals surface area contributed by atoms with Gasteiger partial charge in [-0.15, -0.1) is 0 Å². The maximum absolute atomic E-state index is 12.1. The van der Waals surface area contributed by atoms with Gasteiger partial charge in [-0.05, 0) is 43.4 Å². The van der Waals surface area contributed by atoms with Crippen molar-refractivity contribution < 1.29 is 9.59 Å². The third-order valence-corrected chi connectivity index (χ3v) is 4.33. The standard InChI is InChI=1S/C16H18N4O2/c1-10-2-5-12-13(8-10)20(9-11-3-4-11)18-15(12)19-7-6-14(21)17-16(19)22/h2,5,8,11H,3-4,6-7,9H2,1H3,(H,17,21,22). The molecule has 4 rings (SSSR count). The first kappa shape index (κ1) is 13.3. The number of nitrogens with one attached hydrogen (secondary N) is 1. The van der Waals surface area contributed by atoms with E-state index < -0.39 is 0 Å². The van der Waals surface area contributed by atoms with E-state index in [1.807, 2.05) is 16.8 Å². The Hall–Kier alpha value is -2.37. The number of benzene rings is 1. The molecule has 0 bridgehead atoms. The summed E-state index contributed by atoms with van der Waals surface area (Å²) in [6.07, 6.45) is 2.82. The molecular formula is C16H18N4O2. The zero-order valence-corrected chi connectivity index (χ0v) is 12.5. The average molecular weight is 298 g/mol. The minimum absolute atomic E-state index is 0.223. The minimum Gasteiger partial charge on any atom is -0.278 e. The number of carbonyl (C=O) groups excluding carboxylic acids is 2.